The minimum absolute atomic E-state index is 0.0198. The minimum atomic E-state index is -0.174. The van der Waals surface area contributed by atoms with Crippen molar-refractivity contribution in [1.82, 2.24) is 0 Å². The Labute approximate surface area is 196 Å². The van der Waals surface area contributed by atoms with E-state index in [1.54, 1.807) is 0 Å². The highest BCUT2D eigenvalue weighted by atomic mass is 16.5. The third-order valence-electron chi connectivity index (χ3n) is 11.0. The molecule has 0 aromatic rings. The second-order valence-electron chi connectivity index (χ2n) is 13.1. The lowest BCUT2D eigenvalue weighted by Gasteiger charge is -2.60. The second kappa shape index (κ2) is 9.06. The molecular formula is C29H48O3. The third-order valence-corrected chi connectivity index (χ3v) is 11.0. The zero-order valence-electron chi connectivity index (χ0n) is 21.6. The average Bonchev–Trinajstić information content (AvgIpc) is 3.05. The SMILES string of the molecule is CC(=O)O[C@H]1CC[C@]2(C)C3CC[C@@]4(C)C(CC[C@@H]4[C@H](C)CCCC(C)C)C3C(=O)C[C@H]2C1. The lowest BCUT2D eigenvalue weighted by Crippen LogP contribution is -2.57. The Morgan fingerprint density at radius 1 is 1.00 bits per heavy atom. The summed E-state index contributed by atoms with van der Waals surface area (Å²) in [5.41, 5.74) is 0.601. The van der Waals surface area contributed by atoms with E-state index in [2.05, 4.69) is 34.6 Å². The molecule has 0 heterocycles. The summed E-state index contributed by atoms with van der Waals surface area (Å²) in [6.45, 7) is 13.7. The lowest BCUT2D eigenvalue weighted by molar-refractivity contribution is -0.168. The molecule has 0 radical (unpaired) electrons. The van der Waals surface area contributed by atoms with E-state index in [1.165, 1.54) is 51.9 Å². The average molecular weight is 445 g/mol. The molecule has 3 nitrogen and oxygen atoms in total. The lowest BCUT2D eigenvalue weighted by atomic mass is 9.44. The maximum absolute atomic E-state index is 13.7. The van der Waals surface area contributed by atoms with Crippen molar-refractivity contribution in [3.8, 4) is 0 Å². The van der Waals surface area contributed by atoms with Gasteiger partial charge in [0.05, 0.1) is 0 Å². The Morgan fingerprint density at radius 3 is 2.38 bits per heavy atom. The number of carbonyl (C=O) groups is 2. The maximum Gasteiger partial charge on any atom is 0.302 e. The fourth-order valence-electron chi connectivity index (χ4n) is 9.26. The molecule has 3 unspecified atom stereocenters. The van der Waals surface area contributed by atoms with Crippen LogP contribution in [0.5, 0.6) is 0 Å². The molecule has 3 heteroatoms. The normalized spacial score (nSPS) is 44.5. The number of carbonyl (C=O) groups excluding carboxylic acids is 2. The molecule has 0 aliphatic heterocycles. The zero-order valence-corrected chi connectivity index (χ0v) is 21.6. The number of fused-ring (bicyclic) bond motifs is 5. The monoisotopic (exact) mass is 444 g/mol. The molecule has 0 aromatic heterocycles. The van der Waals surface area contributed by atoms with Crippen molar-refractivity contribution in [3.05, 3.63) is 0 Å². The van der Waals surface area contributed by atoms with Crippen LogP contribution in [0.4, 0.5) is 0 Å². The molecule has 4 fully saturated rings. The van der Waals surface area contributed by atoms with E-state index >= 15 is 0 Å². The predicted molar refractivity (Wildman–Crippen MR) is 129 cm³/mol. The first kappa shape index (κ1) is 24.3. The number of esters is 1. The Bertz CT molecular complexity index is 713. The van der Waals surface area contributed by atoms with Crippen molar-refractivity contribution in [1.29, 1.82) is 0 Å². The Morgan fingerprint density at radius 2 is 1.69 bits per heavy atom. The van der Waals surface area contributed by atoms with Gasteiger partial charge >= 0.3 is 5.97 Å². The number of hydrogen-bond acceptors (Lipinski definition) is 3. The summed E-state index contributed by atoms with van der Waals surface area (Å²) in [4.78, 5) is 25.2. The first-order chi connectivity index (χ1) is 15.1. The molecule has 0 spiro atoms. The summed E-state index contributed by atoms with van der Waals surface area (Å²) in [5.74, 6) is 4.56. The van der Waals surface area contributed by atoms with Crippen molar-refractivity contribution in [2.24, 2.45) is 52.3 Å². The second-order valence-corrected chi connectivity index (χ2v) is 13.1. The van der Waals surface area contributed by atoms with E-state index in [0.717, 1.165) is 43.4 Å². The van der Waals surface area contributed by atoms with Crippen molar-refractivity contribution in [3.63, 3.8) is 0 Å². The minimum Gasteiger partial charge on any atom is -0.463 e. The Hall–Kier alpha value is -0.860. The molecule has 32 heavy (non-hydrogen) atoms. The van der Waals surface area contributed by atoms with Crippen LogP contribution in [0.3, 0.4) is 0 Å². The van der Waals surface area contributed by atoms with Crippen LogP contribution in [0.15, 0.2) is 0 Å². The molecule has 4 aliphatic carbocycles. The molecule has 0 saturated heterocycles. The molecule has 4 saturated carbocycles. The van der Waals surface area contributed by atoms with E-state index in [4.69, 9.17) is 4.74 Å². The number of hydrogen-bond donors (Lipinski definition) is 0. The summed E-state index contributed by atoms with van der Waals surface area (Å²) < 4.78 is 5.58. The van der Waals surface area contributed by atoms with E-state index < -0.39 is 0 Å². The highest BCUT2D eigenvalue weighted by Gasteiger charge is 2.63. The first-order valence-electron chi connectivity index (χ1n) is 13.8. The number of ether oxygens (including phenoxy) is 1. The number of Topliss-reactive ketones (excluding diaryl/α,β-unsaturated/α-hetero) is 1. The predicted octanol–water partition coefficient (Wildman–Crippen LogP) is 7.22. The molecule has 182 valence electrons. The van der Waals surface area contributed by atoms with Crippen molar-refractivity contribution < 1.29 is 14.3 Å². The molecule has 0 bridgehead atoms. The first-order valence-corrected chi connectivity index (χ1v) is 13.8. The largest absolute Gasteiger partial charge is 0.463 e. The Balaban J connectivity index is 1.48. The van der Waals surface area contributed by atoms with Crippen LogP contribution in [-0.2, 0) is 14.3 Å². The quantitative estimate of drug-likeness (QED) is 0.406. The zero-order chi connectivity index (χ0) is 23.3. The van der Waals surface area contributed by atoms with Gasteiger partial charge in [-0.05, 0) is 91.3 Å². The molecule has 4 aliphatic rings. The van der Waals surface area contributed by atoms with Crippen molar-refractivity contribution >= 4 is 11.8 Å². The van der Waals surface area contributed by atoms with Gasteiger partial charge in [0.1, 0.15) is 11.9 Å². The highest BCUT2D eigenvalue weighted by molar-refractivity contribution is 5.83. The maximum atomic E-state index is 13.7. The number of rotatable bonds is 6. The van der Waals surface area contributed by atoms with E-state index in [-0.39, 0.29) is 23.4 Å². The molecule has 0 amide bonds. The van der Waals surface area contributed by atoms with E-state index in [0.29, 0.717) is 29.0 Å². The van der Waals surface area contributed by atoms with Gasteiger partial charge in [0.25, 0.3) is 0 Å². The summed E-state index contributed by atoms with van der Waals surface area (Å²) in [6, 6.07) is 0. The molecule has 0 aromatic carbocycles. The van der Waals surface area contributed by atoms with E-state index in [9.17, 15) is 9.59 Å². The Kier molecular flexibility index (Phi) is 6.87. The van der Waals surface area contributed by atoms with Crippen LogP contribution in [-0.4, -0.2) is 17.9 Å². The molecule has 0 N–H and O–H groups in total. The van der Waals surface area contributed by atoms with E-state index in [1.807, 2.05) is 0 Å². The molecule has 4 rings (SSSR count). The van der Waals surface area contributed by atoms with Gasteiger partial charge in [-0.25, -0.2) is 0 Å². The van der Waals surface area contributed by atoms with Crippen LogP contribution in [0.25, 0.3) is 0 Å². The van der Waals surface area contributed by atoms with Gasteiger partial charge in [-0.15, -0.1) is 0 Å². The van der Waals surface area contributed by atoms with Gasteiger partial charge in [0.15, 0.2) is 0 Å². The van der Waals surface area contributed by atoms with Gasteiger partial charge in [0, 0.05) is 19.3 Å². The highest BCUT2D eigenvalue weighted by Crippen LogP contribution is 2.67. The molecule has 9 atom stereocenters. The van der Waals surface area contributed by atoms with Gasteiger partial charge in [-0.1, -0.05) is 53.9 Å². The van der Waals surface area contributed by atoms with Crippen LogP contribution in [0.1, 0.15) is 112 Å². The fourth-order valence-corrected chi connectivity index (χ4v) is 9.26. The van der Waals surface area contributed by atoms with Crippen molar-refractivity contribution in [2.75, 3.05) is 0 Å². The van der Waals surface area contributed by atoms with Gasteiger partial charge < -0.3 is 4.74 Å². The molecular weight excluding hydrogens is 396 g/mol. The van der Waals surface area contributed by atoms with Gasteiger partial charge in [-0.2, -0.15) is 0 Å². The smallest absolute Gasteiger partial charge is 0.302 e. The standard InChI is InChI=1S/C29H48O3/c1-18(2)8-7-9-19(3)23-10-11-24-27-25(13-15-29(23,24)6)28(5)14-12-22(32-20(4)30)16-21(28)17-26(27)31/h18-19,21-25,27H,7-17H2,1-6H3/t19-,21-,22+,23-,24?,25?,27?,28+,29-/m1/s1. The third kappa shape index (κ3) is 4.20. The van der Waals surface area contributed by atoms with Crippen LogP contribution < -0.4 is 0 Å². The van der Waals surface area contributed by atoms with Crippen LogP contribution in [0, 0.1) is 52.3 Å². The van der Waals surface area contributed by atoms with Crippen LogP contribution in [0.2, 0.25) is 0 Å². The van der Waals surface area contributed by atoms with Crippen molar-refractivity contribution in [2.45, 2.75) is 118 Å². The topological polar surface area (TPSA) is 43.4 Å². The number of ketones is 1. The summed E-state index contributed by atoms with van der Waals surface area (Å²) in [5, 5.41) is 0. The summed E-state index contributed by atoms with van der Waals surface area (Å²) in [6.07, 6.45) is 12.9. The van der Waals surface area contributed by atoms with Gasteiger partial charge in [0.2, 0.25) is 0 Å². The fraction of sp³-hybridized carbons (Fsp3) is 0.931. The summed E-state index contributed by atoms with van der Waals surface area (Å²) in [7, 11) is 0. The van der Waals surface area contributed by atoms with Gasteiger partial charge in [-0.3, -0.25) is 9.59 Å². The summed E-state index contributed by atoms with van der Waals surface area (Å²) >= 11 is 0. The van der Waals surface area contributed by atoms with Crippen LogP contribution >= 0.6 is 0 Å².